The summed E-state index contributed by atoms with van der Waals surface area (Å²) in [7, 11) is 0. The fourth-order valence-corrected chi connectivity index (χ4v) is 0. The number of halogens is 1. The molecule has 0 aliphatic heterocycles. The van der Waals surface area contributed by atoms with E-state index in [9.17, 15) is 0 Å². The molecule has 6 heavy (non-hydrogen) atoms. The van der Waals surface area contributed by atoms with Crippen LogP contribution in [-0.4, -0.2) is 6.50 Å². The summed E-state index contributed by atoms with van der Waals surface area (Å²) in [5, 5.41) is 0. The van der Waals surface area contributed by atoms with Crippen LogP contribution in [0, 0.1) is 5.89 Å². The Labute approximate surface area is 58.0 Å². The number of hydrogen-bond donors (Lipinski definition) is 1. The summed E-state index contributed by atoms with van der Waals surface area (Å²) in [6.45, 7) is -9.78. The van der Waals surface area contributed by atoms with Gasteiger partial charge in [0.05, 0.1) is 0 Å². The van der Waals surface area contributed by atoms with E-state index >= 15 is 0 Å². The molecule has 0 atom stereocenters. The maximum absolute atomic E-state index is 7.25. The molecule has 0 aromatic heterocycles. The normalized spacial score (nSPS) is 38.5. The van der Waals surface area contributed by atoms with Crippen LogP contribution in [0.15, 0.2) is 0 Å². The van der Waals surface area contributed by atoms with E-state index < -0.39 is 26.1 Å². The van der Waals surface area contributed by atoms with Crippen molar-refractivity contribution in [1.82, 2.24) is 0 Å². The van der Waals surface area contributed by atoms with E-state index in [0.29, 0.717) is 0 Å². The monoisotopic (exact) mass is 118 g/mol. The highest BCUT2D eigenvalue weighted by Crippen LogP contribution is 1.81. The lowest BCUT2D eigenvalue weighted by Crippen LogP contribution is -2.05. The number of hydrogen-bond acceptors (Lipinski definition) is 1. The van der Waals surface area contributed by atoms with Crippen molar-refractivity contribution in [3.8, 4) is 0 Å². The molecule has 0 saturated heterocycles. The van der Waals surface area contributed by atoms with Crippen LogP contribution in [0.1, 0.15) is 26.0 Å². The van der Waals surface area contributed by atoms with Gasteiger partial charge in [0.2, 0.25) is 0 Å². The van der Waals surface area contributed by atoms with Gasteiger partial charge in [0.1, 0.15) is 0 Å². The Morgan fingerprint density at radius 3 is 2.67 bits per heavy atom. The molecule has 0 spiro atoms. The summed E-state index contributed by atoms with van der Waals surface area (Å²) in [5.41, 5.74) is 4.81. The van der Waals surface area contributed by atoms with Crippen LogP contribution in [0.3, 0.4) is 0 Å². The lowest BCUT2D eigenvalue weighted by Gasteiger charge is -1.91. The molecule has 0 heterocycles. The van der Waals surface area contributed by atoms with Crippen LogP contribution < -0.4 is 5.73 Å². The van der Waals surface area contributed by atoms with Crippen molar-refractivity contribution >= 4 is 12.4 Å². The van der Waals surface area contributed by atoms with E-state index in [0.717, 1.165) is 0 Å². The van der Waals surface area contributed by atoms with Crippen molar-refractivity contribution < 1.29 is 12.3 Å². The van der Waals surface area contributed by atoms with E-state index in [4.69, 9.17) is 18.1 Å². The Bertz CT molecular complexity index is 176. The first kappa shape index (κ1) is 0.981. The van der Waals surface area contributed by atoms with E-state index in [1.54, 1.807) is 0 Å². The van der Waals surface area contributed by atoms with E-state index in [2.05, 4.69) is 0 Å². The molecule has 0 rings (SSSR count). The van der Waals surface area contributed by atoms with E-state index in [-0.39, 0.29) is 12.4 Å². The lowest BCUT2D eigenvalue weighted by atomic mass is 10.2. The van der Waals surface area contributed by atoms with Gasteiger partial charge < -0.3 is 5.73 Å². The van der Waals surface area contributed by atoms with Crippen LogP contribution >= 0.6 is 12.4 Å². The Morgan fingerprint density at radius 1 is 2.17 bits per heavy atom. The molecule has 2 heteroatoms. The molecule has 0 radical (unpaired) electrons. The Kier molecular flexibility index (Phi) is 0.859. The average molecular weight is 119 g/mol. The zero-order chi connectivity index (χ0) is 12.0. The highest BCUT2D eigenvalue weighted by molar-refractivity contribution is 5.85. The molecule has 0 aliphatic carbocycles. The van der Waals surface area contributed by atoms with Crippen molar-refractivity contribution in [2.24, 2.45) is 11.6 Å². The predicted molar refractivity (Wildman–Crippen MR) is 31.1 cm³/mol. The molecule has 1 nitrogen and oxygen atoms in total. The van der Waals surface area contributed by atoms with Gasteiger partial charge in [-0.05, 0) is 12.4 Å². The third kappa shape index (κ3) is 8.87. The fourth-order valence-electron chi connectivity index (χ4n) is 0. The Morgan fingerprint density at radius 2 is 2.67 bits per heavy atom. The minimum atomic E-state index is -3.33. The molecule has 0 amide bonds. The van der Waals surface area contributed by atoms with Gasteiger partial charge >= 0.3 is 0 Å². The van der Waals surface area contributed by atoms with Crippen LogP contribution in [-0.2, 0) is 0 Å². The maximum Gasteiger partial charge on any atom is 0.0428 e. The van der Waals surface area contributed by atoms with Crippen LogP contribution in [0.4, 0.5) is 0 Å². The Hall–Kier alpha value is 0.250. The summed E-state index contributed by atoms with van der Waals surface area (Å²) in [4.78, 5) is 0. The van der Waals surface area contributed by atoms with Crippen molar-refractivity contribution in [3.05, 3.63) is 0 Å². The topological polar surface area (TPSA) is 26.0 Å². The molecule has 0 saturated carbocycles. The van der Waals surface area contributed by atoms with Gasteiger partial charge in [0, 0.05) is 12.3 Å². The Balaban J connectivity index is 0. The van der Waals surface area contributed by atoms with E-state index in [1.165, 1.54) is 0 Å². The van der Waals surface area contributed by atoms with Gasteiger partial charge in [-0.25, -0.2) is 0 Å². The quantitative estimate of drug-likeness (QED) is 0.547. The molecule has 2 N–H and O–H groups in total. The molecule has 0 aliphatic rings. The zero-order valence-corrected chi connectivity index (χ0v) is 3.80. The first-order chi connectivity index (χ1) is 5.75. The molecule has 0 unspecified atom stereocenters. The largest absolute Gasteiger partial charge is 0.330 e. The standard InChI is InChI=1S/C4H11N.ClH/c1-4(2)3-5;/h4H,3,5H2,1-2H3;1H/i1D3,2D3,3D2,4D;. The SMILES string of the molecule is Cl.[2H]C([2H])([2H])C([2H])(C([2H])([2H])[2H])C([2H])([2H])N. The number of nitrogens with two attached hydrogens (primary N) is 1. The third-order valence-electron chi connectivity index (χ3n) is 0.144. The van der Waals surface area contributed by atoms with Crippen molar-refractivity contribution in [2.75, 3.05) is 6.50 Å². The summed E-state index contributed by atoms with van der Waals surface area (Å²) < 4.78 is 62.3. The third-order valence-corrected chi connectivity index (χ3v) is 0.144. The highest BCUT2D eigenvalue weighted by atomic mass is 35.5. The zero-order valence-electron chi connectivity index (χ0n) is 12.0. The van der Waals surface area contributed by atoms with Crippen molar-refractivity contribution in [1.29, 1.82) is 0 Å². The molecule has 0 aromatic rings. The summed E-state index contributed by atoms with van der Waals surface area (Å²) in [5.74, 6) is -3.33. The highest BCUT2D eigenvalue weighted by Gasteiger charge is 1.80. The van der Waals surface area contributed by atoms with Gasteiger partial charge in [-0.1, -0.05) is 13.7 Å². The van der Waals surface area contributed by atoms with Crippen molar-refractivity contribution in [2.45, 2.75) is 13.7 Å². The van der Waals surface area contributed by atoms with Crippen LogP contribution in [0.5, 0.6) is 0 Å². The fraction of sp³-hybridized carbons (Fsp3) is 1.00. The van der Waals surface area contributed by atoms with Gasteiger partial charge in [-0.2, -0.15) is 0 Å². The molecular weight excluding hydrogens is 97.5 g/mol. The van der Waals surface area contributed by atoms with Gasteiger partial charge in [0.25, 0.3) is 0 Å². The summed E-state index contributed by atoms with van der Waals surface area (Å²) in [6, 6.07) is 0. The van der Waals surface area contributed by atoms with Gasteiger partial charge in [-0.15, -0.1) is 12.4 Å². The molecule has 40 valence electrons. The minimum Gasteiger partial charge on any atom is -0.330 e. The molecule has 0 bridgehead atoms. The second kappa shape index (κ2) is 5.25. The molecule has 0 fully saturated rings. The summed E-state index contributed by atoms with van der Waals surface area (Å²) in [6.07, 6.45) is 0. The summed E-state index contributed by atoms with van der Waals surface area (Å²) >= 11 is 0. The smallest absolute Gasteiger partial charge is 0.0428 e. The van der Waals surface area contributed by atoms with Gasteiger partial charge in [-0.3, -0.25) is 0 Å². The van der Waals surface area contributed by atoms with E-state index in [1.807, 2.05) is 0 Å². The first-order valence-electron chi connectivity index (χ1n) is 5.54. The predicted octanol–water partition coefficient (Wildman–Crippen LogP) is 1.02. The second-order valence-electron chi connectivity index (χ2n) is 0.519. The van der Waals surface area contributed by atoms with Gasteiger partial charge in [0.15, 0.2) is 0 Å². The average Bonchev–Trinajstić information content (AvgIpc) is 1.77. The maximum atomic E-state index is 7.25. The lowest BCUT2D eigenvalue weighted by molar-refractivity contribution is 0.664. The molecular formula is C4H12ClN. The van der Waals surface area contributed by atoms with Crippen molar-refractivity contribution in [3.63, 3.8) is 0 Å². The number of rotatable bonds is 1. The first-order valence-corrected chi connectivity index (χ1v) is 1.04. The minimum absolute atomic E-state index is 0. The van der Waals surface area contributed by atoms with Crippen LogP contribution in [0.2, 0.25) is 0 Å². The molecule has 0 aromatic carbocycles. The second-order valence-corrected chi connectivity index (χ2v) is 0.519. The van der Waals surface area contributed by atoms with Crippen LogP contribution in [0.25, 0.3) is 0 Å².